The van der Waals surface area contributed by atoms with Crippen molar-refractivity contribution in [1.29, 1.82) is 5.26 Å². The maximum atomic E-state index is 12.2. The number of hydrogen-bond donors (Lipinski definition) is 2. The number of ether oxygens (including phenoxy) is 1. The molecule has 25 heavy (non-hydrogen) atoms. The molecule has 0 radical (unpaired) electrons. The van der Waals surface area contributed by atoms with Crippen molar-refractivity contribution in [3.63, 3.8) is 0 Å². The van der Waals surface area contributed by atoms with E-state index in [1.54, 1.807) is 6.07 Å². The predicted molar refractivity (Wildman–Crippen MR) is 91.8 cm³/mol. The Morgan fingerprint density at radius 2 is 1.96 bits per heavy atom. The van der Waals surface area contributed by atoms with Gasteiger partial charge in [-0.3, -0.25) is 4.79 Å². The van der Waals surface area contributed by atoms with Gasteiger partial charge < -0.3 is 15.2 Å². The third-order valence-corrected chi connectivity index (χ3v) is 3.43. The Morgan fingerprint density at radius 1 is 1.24 bits per heavy atom. The van der Waals surface area contributed by atoms with Gasteiger partial charge in [0.05, 0.1) is 7.11 Å². The van der Waals surface area contributed by atoms with Crippen molar-refractivity contribution in [3.05, 3.63) is 70.8 Å². The summed E-state index contributed by atoms with van der Waals surface area (Å²) in [6.45, 7) is 0.293. The van der Waals surface area contributed by atoms with Crippen LogP contribution in [0.4, 0.5) is 0 Å². The number of carboxylic acid groups (broad SMARTS) is 1. The molecule has 6 nitrogen and oxygen atoms in total. The summed E-state index contributed by atoms with van der Waals surface area (Å²) in [6.07, 6.45) is 1.34. The number of amides is 1. The van der Waals surface area contributed by atoms with Crippen LogP contribution in [-0.2, 0) is 11.3 Å². The average Bonchev–Trinajstić information content (AvgIpc) is 2.64. The van der Waals surface area contributed by atoms with Gasteiger partial charge in [0.1, 0.15) is 23.0 Å². The van der Waals surface area contributed by atoms with Gasteiger partial charge in [-0.15, -0.1) is 0 Å². The summed E-state index contributed by atoms with van der Waals surface area (Å²) in [5.74, 6) is -1.48. The zero-order valence-electron chi connectivity index (χ0n) is 13.5. The minimum Gasteiger partial charge on any atom is -0.496 e. The second-order valence-corrected chi connectivity index (χ2v) is 5.10. The van der Waals surface area contributed by atoms with Crippen molar-refractivity contribution in [3.8, 4) is 11.8 Å². The lowest BCUT2D eigenvalue weighted by Gasteiger charge is -2.07. The summed E-state index contributed by atoms with van der Waals surface area (Å²) in [6, 6.07) is 15.5. The molecule has 2 N–H and O–H groups in total. The Bertz CT molecular complexity index is 851. The molecule has 0 spiro atoms. The van der Waals surface area contributed by atoms with E-state index in [2.05, 4.69) is 5.32 Å². The minimum atomic E-state index is -1.15. The van der Waals surface area contributed by atoms with E-state index in [0.717, 1.165) is 5.56 Å². The quantitative estimate of drug-likeness (QED) is 0.624. The molecule has 0 aliphatic heterocycles. The third kappa shape index (κ3) is 4.69. The molecule has 0 unspecified atom stereocenters. The zero-order chi connectivity index (χ0) is 18.2. The summed E-state index contributed by atoms with van der Waals surface area (Å²) in [4.78, 5) is 23.4. The van der Waals surface area contributed by atoms with Crippen LogP contribution in [0.25, 0.3) is 6.08 Å². The van der Waals surface area contributed by atoms with Gasteiger partial charge in [0.2, 0.25) is 0 Å². The number of methoxy groups -OCH3 is 1. The van der Waals surface area contributed by atoms with Gasteiger partial charge in [-0.2, -0.15) is 5.26 Å². The van der Waals surface area contributed by atoms with Crippen LogP contribution in [0.3, 0.4) is 0 Å². The van der Waals surface area contributed by atoms with E-state index >= 15 is 0 Å². The van der Waals surface area contributed by atoms with E-state index in [4.69, 9.17) is 4.74 Å². The van der Waals surface area contributed by atoms with Gasteiger partial charge in [-0.1, -0.05) is 36.4 Å². The van der Waals surface area contributed by atoms with E-state index in [1.807, 2.05) is 36.4 Å². The minimum absolute atomic E-state index is 0.0433. The van der Waals surface area contributed by atoms with Crippen LogP contribution < -0.4 is 10.1 Å². The molecule has 0 atom stereocenters. The second-order valence-electron chi connectivity index (χ2n) is 5.10. The Balaban J connectivity index is 2.19. The SMILES string of the molecule is COc1ccc(/C=C(/C#N)C(=O)NCc2ccccc2)cc1C(=O)O. The number of rotatable bonds is 6. The number of nitrogens with one attached hydrogen (secondary N) is 1. The summed E-state index contributed by atoms with van der Waals surface area (Å²) >= 11 is 0. The highest BCUT2D eigenvalue weighted by atomic mass is 16.5. The van der Waals surface area contributed by atoms with E-state index in [0.29, 0.717) is 12.1 Å². The highest BCUT2D eigenvalue weighted by molar-refractivity contribution is 6.02. The summed E-state index contributed by atoms with van der Waals surface area (Å²) in [5, 5.41) is 21.1. The number of nitrogens with zero attached hydrogens (tertiary/aromatic N) is 1. The van der Waals surface area contributed by atoms with E-state index in [9.17, 15) is 20.0 Å². The van der Waals surface area contributed by atoms with Crippen molar-refractivity contribution in [2.75, 3.05) is 7.11 Å². The molecule has 0 aliphatic carbocycles. The molecule has 0 saturated heterocycles. The van der Waals surface area contributed by atoms with Gasteiger partial charge in [0.25, 0.3) is 5.91 Å². The molecule has 6 heteroatoms. The van der Waals surface area contributed by atoms with Gasteiger partial charge >= 0.3 is 5.97 Å². The molecule has 0 heterocycles. The number of nitriles is 1. The molecule has 0 saturated carbocycles. The normalized spacial score (nSPS) is 10.6. The van der Waals surface area contributed by atoms with Crippen LogP contribution in [0.5, 0.6) is 5.75 Å². The third-order valence-electron chi connectivity index (χ3n) is 3.43. The monoisotopic (exact) mass is 336 g/mol. The van der Waals surface area contributed by atoms with Crippen LogP contribution >= 0.6 is 0 Å². The van der Waals surface area contributed by atoms with Crippen molar-refractivity contribution in [2.45, 2.75) is 6.54 Å². The number of carbonyl (C=O) groups is 2. The molecule has 0 aromatic heterocycles. The average molecular weight is 336 g/mol. The van der Waals surface area contributed by atoms with Crippen molar-refractivity contribution in [1.82, 2.24) is 5.32 Å². The molecule has 0 aliphatic rings. The smallest absolute Gasteiger partial charge is 0.339 e. The number of carbonyl (C=O) groups excluding carboxylic acids is 1. The van der Waals surface area contributed by atoms with Crippen LogP contribution in [0, 0.1) is 11.3 Å². The first kappa shape index (κ1) is 17.8. The van der Waals surface area contributed by atoms with Gasteiger partial charge in [0, 0.05) is 6.54 Å². The molecule has 1 amide bonds. The summed E-state index contributed by atoms with van der Waals surface area (Å²) < 4.78 is 4.98. The fourth-order valence-electron chi connectivity index (χ4n) is 2.17. The fourth-order valence-corrected chi connectivity index (χ4v) is 2.17. The lowest BCUT2D eigenvalue weighted by atomic mass is 10.1. The molecular weight excluding hydrogens is 320 g/mol. The number of hydrogen-bond acceptors (Lipinski definition) is 4. The lowest BCUT2D eigenvalue weighted by Crippen LogP contribution is -2.23. The van der Waals surface area contributed by atoms with Crippen LogP contribution in [0.15, 0.2) is 54.1 Å². The van der Waals surface area contributed by atoms with Gasteiger partial charge in [-0.25, -0.2) is 4.79 Å². The maximum Gasteiger partial charge on any atom is 0.339 e. The van der Waals surface area contributed by atoms with Gasteiger partial charge in [0.15, 0.2) is 0 Å². The predicted octanol–water partition coefficient (Wildman–Crippen LogP) is 2.62. The van der Waals surface area contributed by atoms with Crippen molar-refractivity contribution in [2.24, 2.45) is 0 Å². The Labute approximate surface area is 145 Å². The highest BCUT2D eigenvalue weighted by Crippen LogP contribution is 2.21. The van der Waals surface area contributed by atoms with Crippen LogP contribution in [-0.4, -0.2) is 24.1 Å². The molecule has 0 fully saturated rings. The second kappa shape index (κ2) is 8.31. The van der Waals surface area contributed by atoms with E-state index in [1.165, 1.54) is 25.3 Å². The Hall–Kier alpha value is -3.59. The first-order chi connectivity index (χ1) is 12.0. The van der Waals surface area contributed by atoms with Crippen LogP contribution in [0.2, 0.25) is 0 Å². The molecule has 2 rings (SSSR count). The molecule has 2 aromatic rings. The first-order valence-electron chi connectivity index (χ1n) is 7.40. The highest BCUT2D eigenvalue weighted by Gasteiger charge is 2.13. The lowest BCUT2D eigenvalue weighted by molar-refractivity contribution is -0.117. The van der Waals surface area contributed by atoms with Crippen molar-refractivity contribution >= 4 is 18.0 Å². The Morgan fingerprint density at radius 3 is 2.56 bits per heavy atom. The zero-order valence-corrected chi connectivity index (χ0v) is 13.5. The largest absolute Gasteiger partial charge is 0.496 e. The fraction of sp³-hybridized carbons (Fsp3) is 0.105. The molecular formula is C19H16N2O4. The van der Waals surface area contributed by atoms with Crippen LogP contribution in [0.1, 0.15) is 21.5 Å². The van der Waals surface area contributed by atoms with E-state index in [-0.39, 0.29) is 16.9 Å². The molecule has 0 bridgehead atoms. The summed E-state index contributed by atoms with van der Waals surface area (Å²) in [5.41, 5.74) is 1.17. The topological polar surface area (TPSA) is 99.4 Å². The van der Waals surface area contributed by atoms with E-state index < -0.39 is 11.9 Å². The Kier molecular flexibility index (Phi) is 5.91. The standard InChI is InChI=1S/C19H16N2O4/c1-25-17-8-7-14(10-16(17)19(23)24)9-15(11-20)18(22)21-12-13-5-3-2-4-6-13/h2-10H,12H2,1H3,(H,21,22)(H,23,24)/b15-9-. The van der Waals surface area contributed by atoms with Crippen molar-refractivity contribution < 1.29 is 19.4 Å². The molecule has 126 valence electrons. The summed E-state index contributed by atoms with van der Waals surface area (Å²) in [7, 11) is 1.37. The van der Waals surface area contributed by atoms with Gasteiger partial charge in [-0.05, 0) is 29.3 Å². The molecule has 2 aromatic carbocycles. The first-order valence-corrected chi connectivity index (χ1v) is 7.40. The number of carboxylic acids is 1. The number of benzene rings is 2. The maximum absolute atomic E-state index is 12.2. The number of aromatic carboxylic acids is 1.